The SMILES string of the molecule is CCn1cc(-c2cnc(C)c(-c3nnc(-c4ccc(CNC)cc4OC)o3)n2)ccc1=O. The van der Waals surface area contributed by atoms with Crippen LogP contribution in [0.5, 0.6) is 5.75 Å². The number of methoxy groups -OCH3 is 1. The highest BCUT2D eigenvalue weighted by molar-refractivity contribution is 5.66. The minimum Gasteiger partial charge on any atom is -0.496 e. The number of benzene rings is 1. The molecule has 0 aliphatic rings. The molecule has 0 atom stereocenters. The van der Waals surface area contributed by atoms with E-state index in [1.807, 2.05) is 39.1 Å². The smallest absolute Gasteiger partial charge is 0.268 e. The van der Waals surface area contributed by atoms with E-state index in [1.54, 1.807) is 30.1 Å². The van der Waals surface area contributed by atoms with Crippen molar-refractivity contribution in [1.29, 1.82) is 0 Å². The molecular formula is C23H24N6O3. The molecule has 164 valence electrons. The predicted octanol–water partition coefficient (Wildman–Crippen LogP) is 3.08. The summed E-state index contributed by atoms with van der Waals surface area (Å²) in [5.74, 6) is 1.24. The monoisotopic (exact) mass is 432 g/mol. The summed E-state index contributed by atoms with van der Waals surface area (Å²) < 4.78 is 13.1. The maximum atomic E-state index is 11.9. The van der Waals surface area contributed by atoms with Gasteiger partial charge in [-0.25, -0.2) is 4.98 Å². The molecule has 4 aromatic rings. The van der Waals surface area contributed by atoms with E-state index in [1.165, 1.54) is 6.07 Å². The van der Waals surface area contributed by atoms with Crippen molar-refractivity contribution in [3.63, 3.8) is 0 Å². The lowest BCUT2D eigenvalue weighted by Crippen LogP contribution is -2.17. The molecular weight excluding hydrogens is 408 g/mol. The van der Waals surface area contributed by atoms with Crippen molar-refractivity contribution < 1.29 is 9.15 Å². The first-order valence-corrected chi connectivity index (χ1v) is 10.2. The van der Waals surface area contributed by atoms with E-state index in [4.69, 9.17) is 14.1 Å². The van der Waals surface area contributed by atoms with Crippen LogP contribution in [0.4, 0.5) is 0 Å². The fraction of sp³-hybridized carbons (Fsp3) is 0.261. The number of hydrogen-bond donors (Lipinski definition) is 1. The quantitative estimate of drug-likeness (QED) is 0.475. The Hall–Kier alpha value is -3.85. The molecule has 32 heavy (non-hydrogen) atoms. The summed E-state index contributed by atoms with van der Waals surface area (Å²) in [6.45, 7) is 5.03. The molecule has 0 fully saturated rings. The summed E-state index contributed by atoms with van der Waals surface area (Å²) in [4.78, 5) is 21.0. The third kappa shape index (κ3) is 4.15. The van der Waals surface area contributed by atoms with Crippen molar-refractivity contribution in [3.8, 4) is 40.0 Å². The minimum absolute atomic E-state index is 0.0622. The highest BCUT2D eigenvalue weighted by atomic mass is 16.5. The van der Waals surface area contributed by atoms with Crippen LogP contribution in [0.3, 0.4) is 0 Å². The molecule has 0 aliphatic heterocycles. The second kappa shape index (κ2) is 9.11. The number of aryl methyl sites for hydroxylation is 2. The highest BCUT2D eigenvalue weighted by Gasteiger charge is 2.18. The largest absolute Gasteiger partial charge is 0.496 e. The standard InChI is InChI=1S/C23H24N6O3/c1-5-29-13-16(7-9-20(29)30)18-12-25-14(2)21(26-18)23-28-27-22(32-23)17-8-6-15(11-24-3)10-19(17)31-4/h6-10,12-13,24H,5,11H2,1-4H3. The summed E-state index contributed by atoms with van der Waals surface area (Å²) in [7, 11) is 3.49. The number of nitrogens with one attached hydrogen (secondary N) is 1. The van der Waals surface area contributed by atoms with Crippen LogP contribution in [0.1, 0.15) is 18.2 Å². The average molecular weight is 432 g/mol. The van der Waals surface area contributed by atoms with Gasteiger partial charge in [0.15, 0.2) is 0 Å². The molecule has 0 aliphatic carbocycles. The van der Waals surface area contributed by atoms with Gasteiger partial charge in [-0.15, -0.1) is 10.2 Å². The van der Waals surface area contributed by atoms with E-state index >= 15 is 0 Å². The molecule has 4 rings (SSSR count). The van der Waals surface area contributed by atoms with E-state index in [0.717, 1.165) is 17.7 Å². The van der Waals surface area contributed by atoms with Crippen LogP contribution in [0, 0.1) is 6.92 Å². The lowest BCUT2D eigenvalue weighted by Gasteiger charge is -2.08. The van der Waals surface area contributed by atoms with Crippen LogP contribution in [0.25, 0.3) is 34.3 Å². The Morgan fingerprint density at radius 3 is 2.72 bits per heavy atom. The Morgan fingerprint density at radius 1 is 1.16 bits per heavy atom. The first-order chi connectivity index (χ1) is 15.5. The van der Waals surface area contributed by atoms with Gasteiger partial charge < -0.3 is 19.0 Å². The molecule has 3 heterocycles. The van der Waals surface area contributed by atoms with Crippen LogP contribution in [0.2, 0.25) is 0 Å². The normalized spacial score (nSPS) is 11.0. The first kappa shape index (κ1) is 21.4. The van der Waals surface area contributed by atoms with Crippen molar-refractivity contribution >= 4 is 0 Å². The van der Waals surface area contributed by atoms with Crippen LogP contribution >= 0.6 is 0 Å². The number of aromatic nitrogens is 5. The van der Waals surface area contributed by atoms with Crippen molar-refractivity contribution in [2.75, 3.05) is 14.2 Å². The van der Waals surface area contributed by atoms with Gasteiger partial charge in [0.2, 0.25) is 0 Å². The molecule has 0 bridgehead atoms. The Bertz CT molecular complexity index is 1310. The van der Waals surface area contributed by atoms with Crippen molar-refractivity contribution in [2.45, 2.75) is 26.9 Å². The molecule has 1 aromatic carbocycles. The van der Waals surface area contributed by atoms with Gasteiger partial charge in [0.1, 0.15) is 11.4 Å². The summed E-state index contributed by atoms with van der Waals surface area (Å²) >= 11 is 0. The third-order valence-corrected chi connectivity index (χ3v) is 5.08. The lowest BCUT2D eigenvalue weighted by molar-refractivity contribution is 0.413. The molecule has 0 amide bonds. The van der Waals surface area contributed by atoms with Gasteiger partial charge in [0.25, 0.3) is 17.3 Å². The maximum Gasteiger partial charge on any atom is 0.268 e. The zero-order valence-corrected chi connectivity index (χ0v) is 18.4. The number of rotatable bonds is 7. The topological polar surface area (TPSA) is 108 Å². The van der Waals surface area contributed by atoms with E-state index in [2.05, 4.69) is 20.5 Å². The van der Waals surface area contributed by atoms with Gasteiger partial charge in [-0.2, -0.15) is 0 Å². The molecule has 0 saturated heterocycles. The number of pyridine rings is 1. The van der Waals surface area contributed by atoms with Gasteiger partial charge >= 0.3 is 0 Å². The highest BCUT2D eigenvalue weighted by Crippen LogP contribution is 2.32. The van der Waals surface area contributed by atoms with Gasteiger partial charge in [-0.05, 0) is 44.7 Å². The lowest BCUT2D eigenvalue weighted by atomic mass is 10.1. The van der Waals surface area contributed by atoms with Gasteiger partial charge in [-0.1, -0.05) is 6.07 Å². The molecule has 0 radical (unpaired) electrons. The molecule has 0 saturated carbocycles. The fourth-order valence-corrected chi connectivity index (χ4v) is 3.38. The Kier molecular flexibility index (Phi) is 6.09. The molecule has 0 unspecified atom stereocenters. The summed E-state index contributed by atoms with van der Waals surface area (Å²) in [5, 5.41) is 11.5. The number of hydrogen-bond acceptors (Lipinski definition) is 8. The van der Waals surface area contributed by atoms with Crippen molar-refractivity contribution in [1.82, 2.24) is 30.0 Å². The predicted molar refractivity (Wildman–Crippen MR) is 120 cm³/mol. The first-order valence-electron chi connectivity index (χ1n) is 10.2. The van der Waals surface area contributed by atoms with E-state index in [9.17, 15) is 4.79 Å². The van der Waals surface area contributed by atoms with E-state index in [0.29, 0.717) is 40.8 Å². The van der Waals surface area contributed by atoms with Crippen molar-refractivity contribution in [2.24, 2.45) is 0 Å². The van der Waals surface area contributed by atoms with E-state index < -0.39 is 0 Å². The zero-order chi connectivity index (χ0) is 22.7. The summed E-state index contributed by atoms with van der Waals surface area (Å²) in [5.41, 5.74) is 4.25. The van der Waals surface area contributed by atoms with Gasteiger partial charge in [0.05, 0.1) is 30.3 Å². The summed E-state index contributed by atoms with van der Waals surface area (Å²) in [6.07, 6.45) is 3.43. The van der Waals surface area contributed by atoms with Gasteiger partial charge in [0, 0.05) is 30.9 Å². The van der Waals surface area contributed by atoms with Crippen LogP contribution in [-0.2, 0) is 13.1 Å². The average Bonchev–Trinajstić information content (AvgIpc) is 3.29. The van der Waals surface area contributed by atoms with Crippen LogP contribution < -0.4 is 15.6 Å². The molecule has 9 nitrogen and oxygen atoms in total. The number of nitrogens with zero attached hydrogens (tertiary/aromatic N) is 5. The Labute approximate surface area is 185 Å². The molecule has 3 aromatic heterocycles. The minimum atomic E-state index is -0.0622. The van der Waals surface area contributed by atoms with Crippen LogP contribution in [0.15, 0.2) is 51.9 Å². The van der Waals surface area contributed by atoms with E-state index in [-0.39, 0.29) is 11.4 Å². The third-order valence-electron chi connectivity index (χ3n) is 5.08. The maximum absolute atomic E-state index is 11.9. The summed E-state index contributed by atoms with van der Waals surface area (Å²) in [6, 6.07) is 9.06. The molecule has 9 heteroatoms. The second-order valence-electron chi connectivity index (χ2n) is 7.21. The Balaban J connectivity index is 1.72. The fourth-order valence-electron chi connectivity index (χ4n) is 3.38. The van der Waals surface area contributed by atoms with Crippen molar-refractivity contribution in [3.05, 3.63) is 64.3 Å². The molecule has 1 N–H and O–H groups in total. The van der Waals surface area contributed by atoms with Gasteiger partial charge in [-0.3, -0.25) is 9.78 Å². The zero-order valence-electron chi connectivity index (χ0n) is 18.4. The molecule has 0 spiro atoms. The van der Waals surface area contributed by atoms with Crippen LogP contribution in [-0.4, -0.2) is 38.9 Å². The number of ether oxygens (including phenoxy) is 1. The second-order valence-corrected chi connectivity index (χ2v) is 7.21. The Morgan fingerprint density at radius 2 is 1.97 bits per heavy atom.